The second-order valence-corrected chi connectivity index (χ2v) is 7.70. The van der Waals surface area contributed by atoms with Gasteiger partial charge in [0.15, 0.2) is 0 Å². The van der Waals surface area contributed by atoms with E-state index in [9.17, 15) is 0 Å². The third kappa shape index (κ3) is 3.10. The molecule has 152 valence electrons. The van der Waals surface area contributed by atoms with Crippen molar-refractivity contribution in [1.82, 2.24) is 19.9 Å². The van der Waals surface area contributed by atoms with E-state index in [1.807, 2.05) is 54.9 Å². The number of hydrogen-bond donors (Lipinski definition) is 2. The zero-order valence-electron chi connectivity index (χ0n) is 17.3. The van der Waals surface area contributed by atoms with Gasteiger partial charge in [0.25, 0.3) is 0 Å². The van der Waals surface area contributed by atoms with Crippen LogP contribution < -0.4 is 0 Å². The number of hydrogen-bond acceptors (Lipinski definition) is 2. The van der Waals surface area contributed by atoms with Gasteiger partial charge in [-0.3, -0.25) is 4.98 Å². The summed E-state index contributed by atoms with van der Waals surface area (Å²) >= 11 is 0. The van der Waals surface area contributed by atoms with E-state index in [0.717, 1.165) is 56.1 Å². The van der Waals surface area contributed by atoms with E-state index in [4.69, 9.17) is 4.98 Å². The molecule has 0 unspecified atom stereocenters. The molecule has 32 heavy (non-hydrogen) atoms. The Labute approximate surface area is 185 Å². The zero-order valence-corrected chi connectivity index (χ0v) is 17.3. The van der Waals surface area contributed by atoms with Crippen molar-refractivity contribution in [3.63, 3.8) is 0 Å². The third-order valence-corrected chi connectivity index (χ3v) is 5.73. The van der Waals surface area contributed by atoms with Crippen molar-refractivity contribution < 1.29 is 0 Å². The summed E-state index contributed by atoms with van der Waals surface area (Å²) in [5.41, 5.74) is 8.39. The number of pyridine rings is 1. The third-order valence-electron chi connectivity index (χ3n) is 5.73. The molecule has 0 amide bonds. The summed E-state index contributed by atoms with van der Waals surface area (Å²) in [7, 11) is 0. The highest BCUT2D eigenvalue weighted by molar-refractivity contribution is 6.03. The Morgan fingerprint density at radius 3 is 1.91 bits per heavy atom. The fourth-order valence-electron chi connectivity index (χ4n) is 4.23. The van der Waals surface area contributed by atoms with Crippen LogP contribution in [0.1, 0.15) is 0 Å². The highest BCUT2D eigenvalue weighted by Crippen LogP contribution is 2.40. The van der Waals surface area contributed by atoms with E-state index in [1.165, 1.54) is 0 Å². The van der Waals surface area contributed by atoms with E-state index >= 15 is 0 Å². The first-order valence-electron chi connectivity index (χ1n) is 10.6. The van der Waals surface area contributed by atoms with Crippen LogP contribution in [0.5, 0.6) is 0 Å². The van der Waals surface area contributed by atoms with Crippen molar-refractivity contribution in [2.75, 3.05) is 0 Å². The van der Waals surface area contributed by atoms with Crippen LogP contribution >= 0.6 is 0 Å². The Morgan fingerprint density at radius 2 is 1.16 bits per heavy atom. The minimum Gasteiger partial charge on any atom is -0.354 e. The highest BCUT2D eigenvalue weighted by atomic mass is 14.9. The lowest BCUT2D eigenvalue weighted by atomic mass is 10.1. The number of imidazole rings is 1. The minimum atomic E-state index is 0.840. The normalized spacial score (nSPS) is 11.1. The molecular weight excluding hydrogens is 392 g/mol. The van der Waals surface area contributed by atoms with Gasteiger partial charge in [-0.05, 0) is 18.2 Å². The molecule has 3 aromatic carbocycles. The number of rotatable bonds is 4. The van der Waals surface area contributed by atoms with Gasteiger partial charge in [-0.2, -0.15) is 0 Å². The number of benzene rings is 3. The van der Waals surface area contributed by atoms with Crippen LogP contribution in [-0.2, 0) is 0 Å². The average Bonchev–Trinajstić information content (AvgIpc) is 3.48. The molecule has 4 heteroatoms. The number of nitrogens with one attached hydrogen (secondary N) is 2. The van der Waals surface area contributed by atoms with E-state index < -0.39 is 0 Å². The van der Waals surface area contributed by atoms with E-state index in [0.29, 0.717) is 0 Å². The second kappa shape index (κ2) is 7.67. The highest BCUT2D eigenvalue weighted by Gasteiger charge is 2.21. The van der Waals surface area contributed by atoms with Gasteiger partial charge in [0.2, 0.25) is 0 Å². The first kappa shape index (κ1) is 18.3. The van der Waals surface area contributed by atoms with Gasteiger partial charge in [-0.1, -0.05) is 78.9 Å². The maximum atomic E-state index is 5.14. The Morgan fingerprint density at radius 1 is 0.531 bits per heavy atom. The molecule has 6 aromatic rings. The molecule has 4 nitrogen and oxygen atoms in total. The van der Waals surface area contributed by atoms with Gasteiger partial charge in [0, 0.05) is 40.0 Å². The van der Waals surface area contributed by atoms with Gasteiger partial charge in [0.05, 0.1) is 22.6 Å². The number of nitrogens with zero attached hydrogens (tertiary/aromatic N) is 2. The van der Waals surface area contributed by atoms with Crippen LogP contribution in [0.2, 0.25) is 0 Å². The van der Waals surface area contributed by atoms with Crippen LogP contribution in [-0.4, -0.2) is 19.9 Å². The summed E-state index contributed by atoms with van der Waals surface area (Å²) in [6.45, 7) is 0. The zero-order chi connectivity index (χ0) is 21.3. The maximum Gasteiger partial charge on any atom is 0.141 e. The lowest BCUT2D eigenvalue weighted by Gasteiger charge is -2.03. The first-order chi connectivity index (χ1) is 15.9. The van der Waals surface area contributed by atoms with Gasteiger partial charge >= 0.3 is 0 Å². The van der Waals surface area contributed by atoms with Crippen LogP contribution in [0, 0.1) is 0 Å². The topological polar surface area (TPSA) is 57.4 Å². The fraction of sp³-hybridized carbons (Fsp3) is 0. The Hall–Kier alpha value is -4.44. The predicted molar refractivity (Wildman–Crippen MR) is 130 cm³/mol. The molecule has 2 N–H and O–H groups in total. The average molecular weight is 412 g/mol. The van der Waals surface area contributed by atoms with Crippen molar-refractivity contribution in [3.05, 3.63) is 109 Å². The largest absolute Gasteiger partial charge is 0.354 e. The minimum absolute atomic E-state index is 0.840. The van der Waals surface area contributed by atoms with Gasteiger partial charge in [-0.25, -0.2) is 4.98 Å². The molecule has 6 rings (SSSR count). The van der Waals surface area contributed by atoms with Crippen molar-refractivity contribution in [1.29, 1.82) is 0 Å². The van der Waals surface area contributed by atoms with Gasteiger partial charge in [-0.15, -0.1) is 0 Å². The van der Waals surface area contributed by atoms with E-state index in [1.54, 1.807) is 0 Å². The standard InChI is InChI=1S/C28H20N4/c1-3-9-19(10-4-1)26-27(20-11-5-2-6-12-20)32-28(31-26)24-22-13-7-8-14-23(22)30-25(24)21-15-17-29-18-16-21/h1-18,30H,(H,31,32). The van der Waals surface area contributed by atoms with Crippen molar-refractivity contribution in [2.45, 2.75) is 0 Å². The predicted octanol–water partition coefficient (Wildman–Crippen LogP) is 6.95. The number of aromatic nitrogens is 4. The maximum absolute atomic E-state index is 5.14. The number of H-pyrrole nitrogens is 2. The van der Waals surface area contributed by atoms with E-state index in [2.05, 4.69) is 69.5 Å². The number of fused-ring (bicyclic) bond motifs is 1. The summed E-state index contributed by atoms with van der Waals surface area (Å²) in [6, 6.07) is 33.1. The molecule has 0 atom stereocenters. The number of aromatic amines is 2. The summed E-state index contributed by atoms with van der Waals surface area (Å²) in [6.07, 6.45) is 3.63. The lowest BCUT2D eigenvalue weighted by Crippen LogP contribution is -1.85. The molecule has 0 bridgehead atoms. The van der Waals surface area contributed by atoms with Crippen LogP contribution in [0.25, 0.3) is 56.1 Å². The molecule has 0 fully saturated rings. The molecule has 3 heterocycles. The summed E-state index contributed by atoms with van der Waals surface area (Å²) < 4.78 is 0. The van der Waals surface area contributed by atoms with Gasteiger partial charge in [0.1, 0.15) is 5.82 Å². The second-order valence-electron chi connectivity index (χ2n) is 7.70. The Bertz CT molecular complexity index is 1440. The SMILES string of the molecule is c1ccc(-c2nc(-c3c(-c4ccncc4)[nH]c4ccccc34)[nH]c2-c2ccccc2)cc1. The monoisotopic (exact) mass is 412 g/mol. The van der Waals surface area contributed by atoms with Crippen molar-refractivity contribution >= 4 is 10.9 Å². The van der Waals surface area contributed by atoms with Gasteiger partial charge < -0.3 is 9.97 Å². The van der Waals surface area contributed by atoms with Crippen LogP contribution in [0.15, 0.2) is 109 Å². The fourth-order valence-corrected chi connectivity index (χ4v) is 4.23. The molecule has 0 aliphatic carbocycles. The summed E-state index contributed by atoms with van der Waals surface area (Å²) in [5.74, 6) is 0.840. The molecule has 0 saturated heterocycles. The van der Waals surface area contributed by atoms with Crippen molar-refractivity contribution in [3.8, 4) is 45.2 Å². The van der Waals surface area contributed by atoms with Crippen LogP contribution in [0.4, 0.5) is 0 Å². The molecule has 0 spiro atoms. The molecule has 0 aliphatic rings. The molecule has 0 radical (unpaired) electrons. The molecule has 3 aromatic heterocycles. The van der Waals surface area contributed by atoms with Crippen LogP contribution in [0.3, 0.4) is 0 Å². The molecular formula is C28H20N4. The first-order valence-corrected chi connectivity index (χ1v) is 10.6. The Kier molecular flexibility index (Phi) is 4.40. The quantitative estimate of drug-likeness (QED) is 0.329. The molecule has 0 aliphatic heterocycles. The number of para-hydroxylation sites is 1. The summed E-state index contributed by atoms with van der Waals surface area (Å²) in [5, 5.41) is 1.13. The van der Waals surface area contributed by atoms with E-state index in [-0.39, 0.29) is 0 Å². The smallest absolute Gasteiger partial charge is 0.141 e. The Balaban J connectivity index is 1.64. The lowest BCUT2D eigenvalue weighted by molar-refractivity contribution is 1.30. The summed E-state index contributed by atoms with van der Waals surface area (Å²) in [4.78, 5) is 16.6. The molecule has 0 saturated carbocycles. The van der Waals surface area contributed by atoms with Crippen molar-refractivity contribution in [2.24, 2.45) is 0 Å².